The number of amides is 1. The topological polar surface area (TPSA) is 79.3 Å². The van der Waals surface area contributed by atoms with Gasteiger partial charge < -0.3 is 10.4 Å². The summed E-state index contributed by atoms with van der Waals surface area (Å²) >= 11 is 0. The van der Waals surface area contributed by atoms with Gasteiger partial charge in [-0.25, -0.2) is 4.79 Å². The lowest BCUT2D eigenvalue weighted by atomic mass is 10.0. The van der Waals surface area contributed by atoms with Crippen LogP contribution in [0.3, 0.4) is 0 Å². The van der Waals surface area contributed by atoms with E-state index in [1.54, 1.807) is 38.4 Å². The molecular formula is C12H16N2O3. The number of carbonyl (C=O) groups is 2. The van der Waals surface area contributed by atoms with Crippen LogP contribution in [0.25, 0.3) is 0 Å². The third-order valence-electron chi connectivity index (χ3n) is 2.36. The second kappa shape index (κ2) is 5.98. The van der Waals surface area contributed by atoms with Crippen LogP contribution in [-0.2, 0) is 16.0 Å². The lowest BCUT2D eigenvalue weighted by molar-refractivity contribution is -0.143. The Balaban J connectivity index is 2.57. The minimum Gasteiger partial charge on any atom is -0.480 e. The quantitative estimate of drug-likeness (QED) is 0.794. The van der Waals surface area contributed by atoms with Crippen LogP contribution in [0.4, 0.5) is 0 Å². The van der Waals surface area contributed by atoms with Crippen molar-refractivity contribution in [3.63, 3.8) is 0 Å². The predicted molar refractivity (Wildman–Crippen MR) is 62.3 cm³/mol. The molecule has 0 radical (unpaired) electrons. The molecule has 1 amide bonds. The Morgan fingerprint density at radius 2 is 1.94 bits per heavy atom. The van der Waals surface area contributed by atoms with E-state index in [2.05, 4.69) is 10.3 Å². The van der Waals surface area contributed by atoms with Crippen LogP contribution in [0.5, 0.6) is 0 Å². The molecule has 5 heteroatoms. The van der Waals surface area contributed by atoms with E-state index >= 15 is 0 Å². The Morgan fingerprint density at radius 1 is 1.35 bits per heavy atom. The number of hydrogen-bond acceptors (Lipinski definition) is 3. The fourth-order valence-corrected chi connectivity index (χ4v) is 1.42. The molecule has 0 aliphatic carbocycles. The normalized spacial score (nSPS) is 12.2. The van der Waals surface area contributed by atoms with Crippen molar-refractivity contribution in [1.29, 1.82) is 0 Å². The SMILES string of the molecule is CC(C)C(NC(=O)Cc1ccncc1)C(=O)O. The molecule has 0 spiro atoms. The number of pyridine rings is 1. The molecule has 0 bridgehead atoms. The number of aromatic nitrogens is 1. The molecule has 0 saturated carbocycles. The Morgan fingerprint density at radius 3 is 2.41 bits per heavy atom. The highest BCUT2D eigenvalue weighted by Crippen LogP contribution is 2.03. The van der Waals surface area contributed by atoms with Gasteiger partial charge in [0.25, 0.3) is 0 Å². The highest BCUT2D eigenvalue weighted by molar-refractivity contribution is 5.84. The van der Waals surface area contributed by atoms with E-state index in [-0.39, 0.29) is 18.2 Å². The molecule has 0 fully saturated rings. The zero-order valence-electron chi connectivity index (χ0n) is 9.88. The lowest BCUT2D eigenvalue weighted by Gasteiger charge is -2.17. The Bertz CT molecular complexity index is 390. The van der Waals surface area contributed by atoms with Crippen LogP contribution in [-0.4, -0.2) is 28.0 Å². The van der Waals surface area contributed by atoms with Crippen molar-refractivity contribution in [2.24, 2.45) is 5.92 Å². The number of carboxylic acids is 1. The minimum absolute atomic E-state index is 0.145. The predicted octanol–water partition coefficient (Wildman–Crippen LogP) is 0.849. The number of carbonyl (C=O) groups excluding carboxylic acids is 1. The summed E-state index contributed by atoms with van der Waals surface area (Å²) in [5.41, 5.74) is 0.811. The molecule has 1 aromatic rings. The summed E-state index contributed by atoms with van der Waals surface area (Å²) in [5, 5.41) is 11.4. The molecule has 0 aromatic carbocycles. The first-order chi connectivity index (χ1) is 8.00. The van der Waals surface area contributed by atoms with Gasteiger partial charge in [0.1, 0.15) is 6.04 Å². The fraction of sp³-hybridized carbons (Fsp3) is 0.417. The average Bonchev–Trinajstić information content (AvgIpc) is 2.26. The maximum Gasteiger partial charge on any atom is 0.326 e. The highest BCUT2D eigenvalue weighted by Gasteiger charge is 2.23. The van der Waals surface area contributed by atoms with E-state index in [0.29, 0.717) is 0 Å². The van der Waals surface area contributed by atoms with Crippen molar-refractivity contribution < 1.29 is 14.7 Å². The van der Waals surface area contributed by atoms with Crippen LogP contribution in [0, 0.1) is 5.92 Å². The van der Waals surface area contributed by atoms with Crippen molar-refractivity contribution in [3.8, 4) is 0 Å². The third kappa shape index (κ3) is 4.22. The van der Waals surface area contributed by atoms with Gasteiger partial charge in [0.15, 0.2) is 0 Å². The zero-order valence-corrected chi connectivity index (χ0v) is 9.88. The van der Waals surface area contributed by atoms with Crippen molar-refractivity contribution >= 4 is 11.9 Å². The largest absolute Gasteiger partial charge is 0.480 e. The molecule has 1 atom stereocenters. The number of nitrogens with one attached hydrogen (secondary N) is 1. The van der Waals surface area contributed by atoms with Crippen molar-refractivity contribution in [1.82, 2.24) is 10.3 Å². The smallest absolute Gasteiger partial charge is 0.326 e. The molecule has 2 N–H and O–H groups in total. The summed E-state index contributed by atoms with van der Waals surface area (Å²) in [6.07, 6.45) is 3.36. The van der Waals surface area contributed by atoms with Crippen LogP contribution in [0.15, 0.2) is 24.5 Å². The number of rotatable bonds is 5. The van der Waals surface area contributed by atoms with E-state index in [4.69, 9.17) is 5.11 Å². The molecule has 1 heterocycles. The van der Waals surface area contributed by atoms with Crippen molar-refractivity contribution in [2.75, 3.05) is 0 Å². The summed E-state index contributed by atoms with van der Waals surface area (Å²) in [7, 11) is 0. The van der Waals surface area contributed by atoms with Gasteiger partial charge in [-0.3, -0.25) is 9.78 Å². The van der Waals surface area contributed by atoms with Gasteiger partial charge in [0.2, 0.25) is 5.91 Å². The first kappa shape index (κ1) is 13.2. The van der Waals surface area contributed by atoms with E-state index in [1.807, 2.05) is 0 Å². The highest BCUT2D eigenvalue weighted by atomic mass is 16.4. The Kier molecular flexibility index (Phi) is 4.63. The van der Waals surface area contributed by atoms with E-state index in [9.17, 15) is 9.59 Å². The van der Waals surface area contributed by atoms with Gasteiger partial charge in [-0.1, -0.05) is 13.8 Å². The maximum absolute atomic E-state index is 11.6. The van der Waals surface area contributed by atoms with Gasteiger partial charge >= 0.3 is 5.97 Å². The van der Waals surface area contributed by atoms with E-state index in [1.165, 1.54) is 0 Å². The Labute approximate surface area is 99.9 Å². The monoisotopic (exact) mass is 236 g/mol. The van der Waals surface area contributed by atoms with Crippen molar-refractivity contribution in [3.05, 3.63) is 30.1 Å². The molecule has 1 unspecified atom stereocenters. The molecule has 0 aliphatic rings. The minimum atomic E-state index is -1.01. The summed E-state index contributed by atoms with van der Waals surface area (Å²) in [5.74, 6) is -1.45. The second-order valence-corrected chi connectivity index (χ2v) is 4.16. The molecule has 0 aliphatic heterocycles. The lowest BCUT2D eigenvalue weighted by Crippen LogP contribution is -2.44. The first-order valence-corrected chi connectivity index (χ1v) is 5.41. The zero-order chi connectivity index (χ0) is 12.8. The molecule has 1 rings (SSSR count). The van der Waals surface area contributed by atoms with Crippen molar-refractivity contribution in [2.45, 2.75) is 26.3 Å². The van der Waals surface area contributed by atoms with Crippen LogP contribution < -0.4 is 5.32 Å². The molecule has 5 nitrogen and oxygen atoms in total. The van der Waals surface area contributed by atoms with Gasteiger partial charge in [0, 0.05) is 12.4 Å². The summed E-state index contributed by atoms with van der Waals surface area (Å²) in [4.78, 5) is 26.4. The molecule has 92 valence electrons. The number of aliphatic carboxylic acids is 1. The van der Waals surface area contributed by atoms with E-state index in [0.717, 1.165) is 5.56 Å². The molecule has 1 aromatic heterocycles. The van der Waals surface area contributed by atoms with Crippen LogP contribution >= 0.6 is 0 Å². The average molecular weight is 236 g/mol. The summed E-state index contributed by atoms with van der Waals surface area (Å²) < 4.78 is 0. The van der Waals surface area contributed by atoms with Gasteiger partial charge in [-0.05, 0) is 23.6 Å². The molecule has 0 saturated heterocycles. The summed E-state index contributed by atoms with van der Waals surface area (Å²) in [6, 6.07) is 2.61. The van der Waals surface area contributed by atoms with Gasteiger partial charge in [0.05, 0.1) is 6.42 Å². The number of hydrogen-bond donors (Lipinski definition) is 2. The van der Waals surface area contributed by atoms with Crippen LogP contribution in [0.1, 0.15) is 19.4 Å². The standard InChI is InChI=1S/C12H16N2O3/c1-8(2)11(12(16)17)14-10(15)7-9-3-5-13-6-4-9/h3-6,8,11H,7H2,1-2H3,(H,14,15)(H,16,17). The molecule has 17 heavy (non-hydrogen) atoms. The maximum atomic E-state index is 11.6. The number of nitrogens with zero attached hydrogens (tertiary/aromatic N) is 1. The third-order valence-corrected chi connectivity index (χ3v) is 2.36. The fourth-order valence-electron chi connectivity index (χ4n) is 1.42. The number of carboxylic acid groups (broad SMARTS) is 1. The Hall–Kier alpha value is -1.91. The van der Waals surface area contributed by atoms with E-state index < -0.39 is 12.0 Å². The van der Waals surface area contributed by atoms with Gasteiger partial charge in [-0.2, -0.15) is 0 Å². The van der Waals surface area contributed by atoms with Gasteiger partial charge in [-0.15, -0.1) is 0 Å². The molecular weight excluding hydrogens is 220 g/mol. The first-order valence-electron chi connectivity index (χ1n) is 5.41. The summed E-state index contributed by atoms with van der Waals surface area (Å²) in [6.45, 7) is 3.51. The van der Waals surface area contributed by atoms with Crippen LogP contribution in [0.2, 0.25) is 0 Å². The second-order valence-electron chi connectivity index (χ2n) is 4.16.